The number of carbonyl (C=O) groups is 3. The van der Waals surface area contributed by atoms with Crippen LogP contribution in [0.1, 0.15) is 29.8 Å². The largest absolute Gasteiger partial charge is 0.448 e. The van der Waals surface area contributed by atoms with Crippen molar-refractivity contribution in [2.45, 2.75) is 31.8 Å². The zero-order chi connectivity index (χ0) is 20.2. The number of sulfonamides is 1. The molecule has 3 N–H and O–H groups in total. The van der Waals surface area contributed by atoms with Gasteiger partial charge < -0.3 is 10.5 Å². The lowest BCUT2D eigenvalue weighted by atomic mass is 10.1. The summed E-state index contributed by atoms with van der Waals surface area (Å²) in [6, 6.07) is 2.98. The maximum absolute atomic E-state index is 12.5. The Morgan fingerprint density at radius 1 is 1.19 bits per heavy atom. The van der Waals surface area contributed by atoms with E-state index in [9.17, 15) is 22.8 Å². The molecule has 0 aromatic heterocycles. The van der Waals surface area contributed by atoms with Gasteiger partial charge in [-0.1, -0.05) is 19.9 Å². The number of nitrogens with zero attached hydrogens (tertiary/aromatic N) is 1. The highest BCUT2D eigenvalue weighted by atomic mass is 32.2. The summed E-state index contributed by atoms with van der Waals surface area (Å²) in [4.78, 5) is 35.2. The van der Waals surface area contributed by atoms with Crippen molar-refractivity contribution in [3.63, 3.8) is 0 Å². The van der Waals surface area contributed by atoms with E-state index in [1.54, 1.807) is 20.8 Å². The topological polar surface area (TPSA) is 136 Å². The van der Waals surface area contributed by atoms with Crippen molar-refractivity contribution in [3.8, 4) is 0 Å². The Morgan fingerprint density at radius 2 is 1.77 bits per heavy atom. The number of urea groups is 1. The fourth-order valence-electron chi connectivity index (χ4n) is 2.06. The lowest BCUT2D eigenvalue weighted by Gasteiger charge is -2.20. The first-order valence-corrected chi connectivity index (χ1v) is 9.16. The molecule has 10 heteroatoms. The van der Waals surface area contributed by atoms with E-state index >= 15 is 0 Å². The van der Waals surface area contributed by atoms with Gasteiger partial charge in [0.05, 0.1) is 10.5 Å². The van der Waals surface area contributed by atoms with E-state index in [1.807, 2.05) is 5.32 Å². The lowest BCUT2D eigenvalue weighted by molar-refractivity contribution is -0.130. The van der Waals surface area contributed by atoms with Gasteiger partial charge in [0.25, 0.3) is 5.91 Å². The van der Waals surface area contributed by atoms with Crippen molar-refractivity contribution < 1.29 is 27.5 Å². The molecule has 1 aromatic rings. The van der Waals surface area contributed by atoms with Gasteiger partial charge in [-0.2, -0.15) is 0 Å². The molecular formula is C16H23N3O6S. The number of amides is 3. The standard InChI is InChI=1S/C16H23N3O6S/c1-9(2)13(14(20)18-16(17)22)25-15(21)12-8-11(7-6-10(12)3)26(23,24)19(4)5/h6-9,13H,1-5H3,(H3,17,18,20,22)/t13-/m0/s1. The molecule has 0 unspecified atom stereocenters. The summed E-state index contributed by atoms with van der Waals surface area (Å²) in [5, 5.41) is 1.87. The van der Waals surface area contributed by atoms with Gasteiger partial charge in [-0.3, -0.25) is 10.1 Å². The smallest absolute Gasteiger partial charge is 0.339 e. The highest BCUT2D eigenvalue weighted by Crippen LogP contribution is 2.20. The molecule has 1 atom stereocenters. The molecule has 0 bridgehead atoms. The summed E-state index contributed by atoms with van der Waals surface area (Å²) in [5.74, 6) is -2.17. The fraction of sp³-hybridized carbons (Fsp3) is 0.438. The van der Waals surface area contributed by atoms with Crippen LogP contribution in [0, 0.1) is 12.8 Å². The van der Waals surface area contributed by atoms with Crippen molar-refractivity contribution in [1.82, 2.24) is 9.62 Å². The quantitative estimate of drug-likeness (QED) is 0.689. The first-order valence-electron chi connectivity index (χ1n) is 7.72. The average Bonchev–Trinajstić information content (AvgIpc) is 2.51. The second-order valence-electron chi connectivity index (χ2n) is 6.19. The number of ether oxygens (including phenoxy) is 1. The Hall–Kier alpha value is -2.46. The molecule has 144 valence electrons. The molecule has 9 nitrogen and oxygen atoms in total. The van der Waals surface area contributed by atoms with Crippen molar-refractivity contribution >= 4 is 27.9 Å². The SMILES string of the molecule is Cc1ccc(S(=O)(=O)N(C)C)cc1C(=O)O[C@H](C(=O)NC(N)=O)C(C)C. The molecular weight excluding hydrogens is 362 g/mol. The van der Waals surface area contributed by atoms with E-state index in [-0.39, 0.29) is 10.5 Å². The van der Waals surface area contributed by atoms with Gasteiger partial charge in [0.2, 0.25) is 10.0 Å². The van der Waals surface area contributed by atoms with Crippen LogP contribution >= 0.6 is 0 Å². The van der Waals surface area contributed by atoms with E-state index < -0.39 is 40.0 Å². The van der Waals surface area contributed by atoms with E-state index in [0.29, 0.717) is 5.56 Å². The van der Waals surface area contributed by atoms with Crippen molar-refractivity contribution in [1.29, 1.82) is 0 Å². The highest BCUT2D eigenvalue weighted by molar-refractivity contribution is 7.89. The molecule has 0 fully saturated rings. The fourth-order valence-corrected chi connectivity index (χ4v) is 2.98. The van der Waals surface area contributed by atoms with Crippen LogP contribution in [0.2, 0.25) is 0 Å². The molecule has 26 heavy (non-hydrogen) atoms. The number of aryl methyl sites for hydroxylation is 1. The van der Waals surface area contributed by atoms with Crippen LogP contribution in [-0.2, 0) is 19.6 Å². The number of nitrogens with one attached hydrogen (secondary N) is 1. The van der Waals surface area contributed by atoms with Gasteiger partial charge in [-0.05, 0) is 30.5 Å². The van der Waals surface area contributed by atoms with Crippen molar-refractivity contribution in [2.24, 2.45) is 11.7 Å². The summed E-state index contributed by atoms with van der Waals surface area (Å²) in [6.45, 7) is 4.85. The third kappa shape index (κ3) is 5.02. The molecule has 0 aliphatic carbocycles. The molecule has 0 spiro atoms. The third-order valence-electron chi connectivity index (χ3n) is 3.55. The van der Waals surface area contributed by atoms with Crippen LogP contribution in [0.4, 0.5) is 4.79 Å². The number of esters is 1. The molecule has 1 rings (SSSR count). The Morgan fingerprint density at radius 3 is 2.23 bits per heavy atom. The number of imide groups is 1. The number of nitrogens with two attached hydrogens (primary N) is 1. The highest BCUT2D eigenvalue weighted by Gasteiger charge is 2.29. The minimum absolute atomic E-state index is 0.00505. The summed E-state index contributed by atoms with van der Waals surface area (Å²) >= 11 is 0. The minimum atomic E-state index is -3.74. The van der Waals surface area contributed by atoms with Crippen LogP contribution < -0.4 is 11.1 Å². The Kier molecular flexibility index (Phi) is 6.87. The second-order valence-corrected chi connectivity index (χ2v) is 8.34. The first-order chi connectivity index (χ1) is 11.9. The first kappa shape index (κ1) is 21.6. The van der Waals surface area contributed by atoms with Gasteiger partial charge >= 0.3 is 12.0 Å². The van der Waals surface area contributed by atoms with E-state index in [2.05, 4.69) is 0 Å². The van der Waals surface area contributed by atoms with Crippen molar-refractivity contribution in [3.05, 3.63) is 29.3 Å². The normalized spacial score (nSPS) is 12.7. The number of hydrogen-bond donors (Lipinski definition) is 2. The van der Waals surface area contributed by atoms with E-state index in [1.165, 1.54) is 32.3 Å². The number of rotatable bonds is 6. The maximum Gasteiger partial charge on any atom is 0.339 e. The molecule has 0 radical (unpaired) electrons. The molecule has 0 saturated carbocycles. The lowest BCUT2D eigenvalue weighted by Crippen LogP contribution is -2.45. The molecule has 1 aromatic carbocycles. The predicted molar refractivity (Wildman–Crippen MR) is 93.8 cm³/mol. The molecule has 0 heterocycles. The zero-order valence-corrected chi connectivity index (χ0v) is 16.1. The number of primary amides is 1. The van der Waals surface area contributed by atoms with Gasteiger partial charge in [0.1, 0.15) is 0 Å². The Bertz CT molecular complexity index is 817. The minimum Gasteiger partial charge on any atom is -0.448 e. The molecule has 0 aliphatic heterocycles. The Balaban J connectivity index is 3.20. The summed E-state index contributed by atoms with van der Waals surface area (Å²) in [6.07, 6.45) is -1.26. The third-order valence-corrected chi connectivity index (χ3v) is 5.36. The van der Waals surface area contributed by atoms with E-state index in [0.717, 1.165) is 4.31 Å². The van der Waals surface area contributed by atoms with Gasteiger partial charge in [-0.25, -0.2) is 22.3 Å². The average molecular weight is 385 g/mol. The summed E-state index contributed by atoms with van der Waals surface area (Å²) < 4.78 is 30.7. The second kappa shape index (κ2) is 8.28. The van der Waals surface area contributed by atoms with Crippen LogP contribution in [0.25, 0.3) is 0 Å². The molecule has 3 amide bonds. The van der Waals surface area contributed by atoms with Crippen LogP contribution in [0.5, 0.6) is 0 Å². The zero-order valence-electron chi connectivity index (χ0n) is 15.3. The van der Waals surface area contributed by atoms with Gasteiger partial charge in [0.15, 0.2) is 6.10 Å². The van der Waals surface area contributed by atoms with Gasteiger partial charge in [-0.15, -0.1) is 0 Å². The maximum atomic E-state index is 12.5. The monoisotopic (exact) mass is 385 g/mol. The molecule has 0 aliphatic rings. The molecule has 0 saturated heterocycles. The summed E-state index contributed by atoms with van der Waals surface area (Å²) in [5.41, 5.74) is 5.39. The van der Waals surface area contributed by atoms with E-state index in [4.69, 9.17) is 10.5 Å². The van der Waals surface area contributed by atoms with Gasteiger partial charge in [0, 0.05) is 14.1 Å². The number of benzene rings is 1. The number of hydrogen-bond acceptors (Lipinski definition) is 6. The Labute approximate surface area is 152 Å². The van der Waals surface area contributed by atoms with Crippen molar-refractivity contribution in [2.75, 3.05) is 14.1 Å². The van der Waals surface area contributed by atoms with Crippen LogP contribution in [0.3, 0.4) is 0 Å². The number of carbonyl (C=O) groups excluding carboxylic acids is 3. The predicted octanol–water partition coefficient (Wildman–Crippen LogP) is 0.622. The summed E-state index contributed by atoms with van der Waals surface area (Å²) in [7, 11) is -0.999. The van der Waals surface area contributed by atoms with Crippen LogP contribution in [0.15, 0.2) is 23.1 Å². The van der Waals surface area contributed by atoms with Crippen LogP contribution in [-0.4, -0.2) is 50.8 Å².